The zero-order valence-electron chi connectivity index (χ0n) is 17.8. The van der Waals surface area contributed by atoms with E-state index in [-0.39, 0.29) is 0 Å². The summed E-state index contributed by atoms with van der Waals surface area (Å²) in [7, 11) is 0. The second-order valence-electron chi connectivity index (χ2n) is 8.27. The number of aromatic nitrogens is 1. The van der Waals surface area contributed by atoms with E-state index < -0.39 is 5.97 Å². The van der Waals surface area contributed by atoms with Crippen LogP contribution in [-0.4, -0.2) is 34.9 Å². The van der Waals surface area contributed by atoms with Crippen LogP contribution in [0.25, 0.3) is 11.1 Å². The highest BCUT2D eigenvalue weighted by Gasteiger charge is 2.21. The van der Waals surface area contributed by atoms with Crippen molar-refractivity contribution >= 4 is 34.8 Å². The van der Waals surface area contributed by atoms with E-state index >= 15 is 0 Å². The summed E-state index contributed by atoms with van der Waals surface area (Å²) in [6.07, 6.45) is 8.62. The second-order valence-corrected chi connectivity index (χ2v) is 9.41. The van der Waals surface area contributed by atoms with Crippen molar-refractivity contribution in [3.8, 4) is 0 Å². The number of oxazole rings is 1. The average Bonchev–Trinajstić information content (AvgIpc) is 3.23. The number of unbranched alkanes of at least 4 members (excludes halogenated alkanes) is 1. The zero-order chi connectivity index (χ0) is 21.5. The minimum atomic E-state index is -0.863. The van der Waals surface area contributed by atoms with E-state index in [4.69, 9.17) is 9.40 Å². The maximum atomic E-state index is 11.4. The van der Waals surface area contributed by atoms with E-state index in [0.717, 1.165) is 53.7 Å². The fourth-order valence-electron chi connectivity index (χ4n) is 4.30. The summed E-state index contributed by atoms with van der Waals surface area (Å²) in [6, 6.07) is 15.9. The molecule has 1 saturated carbocycles. The van der Waals surface area contributed by atoms with Crippen molar-refractivity contribution < 1.29 is 14.3 Å². The molecule has 31 heavy (non-hydrogen) atoms. The van der Waals surface area contributed by atoms with Crippen LogP contribution >= 0.6 is 11.8 Å². The maximum absolute atomic E-state index is 11.4. The first-order chi connectivity index (χ1) is 15.2. The molecule has 4 rings (SSSR count). The molecule has 0 radical (unpaired) electrons. The van der Waals surface area contributed by atoms with E-state index in [2.05, 4.69) is 4.90 Å². The number of anilines is 1. The van der Waals surface area contributed by atoms with Crippen LogP contribution in [0.1, 0.15) is 55.3 Å². The van der Waals surface area contributed by atoms with Crippen LogP contribution in [0.15, 0.2) is 57.8 Å². The highest BCUT2D eigenvalue weighted by molar-refractivity contribution is 7.99. The van der Waals surface area contributed by atoms with Gasteiger partial charge in [0.05, 0.1) is 5.56 Å². The third-order valence-corrected chi connectivity index (χ3v) is 7.11. The molecule has 1 aliphatic rings. The first kappa shape index (κ1) is 21.8. The molecular weight excluding hydrogens is 408 g/mol. The Balaban J connectivity index is 1.35. The molecule has 0 saturated heterocycles. The lowest BCUT2D eigenvalue weighted by atomic mass is 9.89. The Bertz CT molecular complexity index is 964. The lowest BCUT2D eigenvalue weighted by Gasteiger charge is -2.28. The number of carboxylic acid groups (broad SMARTS) is 1. The predicted molar refractivity (Wildman–Crippen MR) is 126 cm³/mol. The van der Waals surface area contributed by atoms with Crippen LogP contribution in [-0.2, 0) is 0 Å². The monoisotopic (exact) mass is 438 g/mol. The molecule has 0 bridgehead atoms. The molecule has 0 atom stereocenters. The van der Waals surface area contributed by atoms with Crippen molar-refractivity contribution in [3.05, 3.63) is 54.1 Å². The topological polar surface area (TPSA) is 66.6 Å². The van der Waals surface area contributed by atoms with Crippen LogP contribution in [0.2, 0.25) is 0 Å². The van der Waals surface area contributed by atoms with Crippen molar-refractivity contribution in [2.75, 3.05) is 23.7 Å². The van der Waals surface area contributed by atoms with Crippen molar-refractivity contribution in [2.45, 2.75) is 49.8 Å². The molecule has 1 aromatic heterocycles. The standard InChI is InChI=1S/C25H30N2O3S/c28-24(29)20-12-4-7-15-23(20)31-17-9-8-16-27(18-19-10-2-1-3-11-19)25-26-21-13-5-6-14-22(21)30-25/h4-7,12-15,19H,1-3,8-11,16-18H2,(H,28,29). The number of fused-ring (bicyclic) bond motifs is 1. The van der Waals surface area contributed by atoms with E-state index in [0.29, 0.717) is 11.5 Å². The van der Waals surface area contributed by atoms with Crippen molar-refractivity contribution in [1.82, 2.24) is 4.98 Å². The first-order valence-electron chi connectivity index (χ1n) is 11.3. The third kappa shape index (κ3) is 5.82. The number of hydrogen-bond donors (Lipinski definition) is 1. The van der Waals surface area contributed by atoms with Crippen LogP contribution in [0.3, 0.4) is 0 Å². The van der Waals surface area contributed by atoms with Crippen LogP contribution in [0.5, 0.6) is 0 Å². The van der Waals surface area contributed by atoms with Gasteiger partial charge in [0.2, 0.25) is 0 Å². The zero-order valence-corrected chi connectivity index (χ0v) is 18.7. The number of carboxylic acids is 1. The lowest BCUT2D eigenvalue weighted by molar-refractivity contribution is 0.0693. The number of rotatable bonds is 10. The summed E-state index contributed by atoms with van der Waals surface area (Å²) in [5, 5.41) is 9.35. The molecule has 0 unspecified atom stereocenters. The number of aromatic carboxylic acids is 1. The number of carbonyl (C=O) groups is 1. The molecule has 164 valence electrons. The fourth-order valence-corrected chi connectivity index (χ4v) is 5.35. The van der Waals surface area contributed by atoms with Crippen molar-refractivity contribution in [1.29, 1.82) is 0 Å². The summed E-state index contributed by atoms with van der Waals surface area (Å²) < 4.78 is 6.08. The molecule has 5 nitrogen and oxygen atoms in total. The number of nitrogens with zero attached hydrogens (tertiary/aromatic N) is 2. The minimum absolute atomic E-state index is 0.387. The number of para-hydroxylation sites is 2. The molecule has 1 aliphatic carbocycles. The van der Waals surface area contributed by atoms with Gasteiger partial charge in [0.25, 0.3) is 6.01 Å². The van der Waals surface area contributed by atoms with Gasteiger partial charge in [-0.3, -0.25) is 0 Å². The van der Waals surface area contributed by atoms with Gasteiger partial charge in [-0.2, -0.15) is 4.98 Å². The summed E-state index contributed by atoms with van der Waals surface area (Å²) in [4.78, 5) is 19.3. The Hall–Kier alpha value is -2.47. The molecule has 2 aromatic carbocycles. The van der Waals surface area contributed by atoms with Gasteiger partial charge in [0.15, 0.2) is 5.58 Å². The highest BCUT2D eigenvalue weighted by atomic mass is 32.2. The molecule has 0 spiro atoms. The van der Waals surface area contributed by atoms with Gasteiger partial charge >= 0.3 is 5.97 Å². The van der Waals surface area contributed by atoms with Crippen LogP contribution < -0.4 is 4.90 Å². The first-order valence-corrected chi connectivity index (χ1v) is 12.2. The Labute approximate surface area is 187 Å². The normalized spacial score (nSPS) is 14.7. The van der Waals surface area contributed by atoms with Crippen molar-refractivity contribution in [3.63, 3.8) is 0 Å². The van der Waals surface area contributed by atoms with Crippen molar-refractivity contribution in [2.24, 2.45) is 5.92 Å². The Morgan fingerprint density at radius 2 is 1.84 bits per heavy atom. The SMILES string of the molecule is O=C(O)c1ccccc1SCCCCN(CC1CCCCC1)c1nc2ccccc2o1. The van der Waals surface area contributed by atoms with E-state index in [1.165, 1.54) is 32.1 Å². The number of benzene rings is 2. The number of hydrogen-bond acceptors (Lipinski definition) is 5. The van der Waals surface area contributed by atoms with Crippen LogP contribution in [0, 0.1) is 5.92 Å². The Kier molecular flexibility index (Phi) is 7.52. The summed E-state index contributed by atoms with van der Waals surface area (Å²) in [5.74, 6) is 0.744. The highest BCUT2D eigenvalue weighted by Crippen LogP contribution is 2.29. The van der Waals surface area contributed by atoms with E-state index in [1.807, 2.05) is 36.4 Å². The molecular formula is C25H30N2O3S. The summed E-state index contributed by atoms with van der Waals surface area (Å²) in [6.45, 7) is 1.91. The molecule has 3 aromatic rings. The predicted octanol–water partition coefficient (Wildman–Crippen LogP) is 6.49. The van der Waals surface area contributed by atoms with Gasteiger partial charge in [-0.15, -0.1) is 11.8 Å². The van der Waals surface area contributed by atoms with Gasteiger partial charge in [-0.25, -0.2) is 4.79 Å². The molecule has 6 heteroatoms. The molecule has 0 aliphatic heterocycles. The van der Waals surface area contributed by atoms with E-state index in [9.17, 15) is 9.90 Å². The largest absolute Gasteiger partial charge is 0.478 e. The second kappa shape index (κ2) is 10.7. The molecule has 1 heterocycles. The van der Waals surface area contributed by atoms with Gasteiger partial charge in [0, 0.05) is 18.0 Å². The quantitative estimate of drug-likeness (QED) is 0.288. The number of thioether (sulfide) groups is 1. The smallest absolute Gasteiger partial charge is 0.336 e. The van der Waals surface area contributed by atoms with Gasteiger partial charge in [-0.05, 0) is 61.6 Å². The van der Waals surface area contributed by atoms with Gasteiger partial charge in [-0.1, -0.05) is 43.5 Å². The van der Waals surface area contributed by atoms with Gasteiger partial charge in [0.1, 0.15) is 5.52 Å². The molecule has 1 fully saturated rings. The third-order valence-electron chi connectivity index (χ3n) is 5.95. The fraction of sp³-hybridized carbons (Fsp3) is 0.440. The minimum Gasteiger partial charge on any atom is -0.478 e. The lowest BCUT2D eigenvalue weighted by Crippen LogP contribution is -2.31. The Morgan fingerprint density at radius 3 is 2.65 bits per heavy atom. The molecule has 1 N–H and O–H groups in total. The summed E-state index contributed by atoms with van der Waals surface area (Å²) in [5.41, 5.74) is 2.14. The summed E-state index contributed by atoms with van der Waals surface area (Å²) >= 11 is 1.62. The van der Waals surface area contributed by atoms with E-state index in [1.54, 1.807) is 23.9 Å². The Morgan fingerprint density at radius 1 is 1.06 bits per heavy atom. The maximum Gasteiger partial charge on any atom is 0.336 e. The average molecular weight is 439 g/mol. The molecule has 0 amide bonds. The van der Waals surface area contributed by atoms with Gasteiger partial charge < -0.3 is 14.4 Å². The van der Waals surface area contributed by atoms with Crippen LogP contribution in [0.4, 0.5) is 6.01 Å².